The summed E-state index contributed by atoms with van der Waals surface area (Å²) in [6.45, 7) is 1.58. The maximum atomic E-state index is 12.5. The minimum Gasteiger partial charge on any atom is -0.478 e. The molecule has 1 aromatic heterocycles. The minimum absolute atomic E-state index is 0.00484. The highest BCUT2D eigenvalue weighted by Crippen LogP contribution is 2.26. The molecular formula is C19H16N2O4. The van der Waals surface area contributed by atoms with E-state index in [4.69, 9.17) is 9.52 Å². The molecular weight excluding hydrogens is 320 g/mol. The molecule has 1 amide bonds. The van der Waals surface area contributed by atoms with Crippen molar-refractivity contribution < 1.29 is 19.1 Å². The average molecular weight is 336 g/mol. The smallest absolute Gasteiger partial charge is 0.335 e. The Balaban J connectivity index is 1.69. The molecule has 25 heavy (non-hydrogen) atoms. The Kier molecular flexibility index (Phi) is 3.72. The minimum atomic E-state index is -1.00. The molecule has 3 aromatic rings. The zero-order valence-electron chi connectivity index (χ0n) is 13.4. The van der Waals surface area contributed by atoms with E-state index in [0.29, 0.717) is 28.1 Å². The Morgan fingerprint density at radius 3 is 2.60 bits per heavy atom. The molecule has 0 atom stereocenters. The van der Waals surface area contributed by atoms with Crippen LogP contribution >= 0.6 is 0 Å². The second kappa shape index (κ2) is 6.05. The van der Waals surface area contributed by atoms with Crippen LogP contribution in [0.5, 0.6) is 0 Å². The fraction of sp³-hybridized carbons (Fsp3) is 0.211. The summed E-state index contributed by atoms with van der Waals surface area (Å²) in [5.41, 5.74) is 2.49. The van der Waals surface area contributed by atoms with Gasteiger partial charge in [0.1, 0.15) is 5.52 Å². The SMILES string of the molecule is O=C(O)c1cccc(-c2nc3ccc(C(=O)N4CCCC4)cc3o2)c1. The predicted molar refractivity (Wildman–Crippen MR) is 91.5 cm³/mol. The van der Waals surface area contributed by atoms with Crippen LogP contribution in [0.15, 0.2) is 46.9 Å². The Labute approximate surface area is 143 Å². The summed E-state index contributed by atoms with van der Waals surface area (Å²) in [4.78, 5) is 29.8. The molecule has 2 heterocycles. The first-order valence-electron chi connectivity index (χ1n) is 8.15. The van der Waals surface area contributed by atoms with Crippen LogP contribution in [0, 0.1) is 0 Å². The van der Waals surface area contributed by atoms with E-state index in [1.807, 2.05) is 4.90 Å². The van der Waals surface area contributed by atoms with Crippen LogP contribution in [-0.4, -0.2) is 40.0 Å². The van der Waals surface area contributed by atoms with Gasteiger partial charge >= 0.3 is 5.97 Å². The molecule has 1 aliphatic rings. The fourth-order valence-electron chi connectivity index (χ4n) is 3.07. The Morgan fingerprint density at radius 2 is 1.84 bits per heavy atom. The number of carbonyl (C=O) groups is 2. The fourth-order valence-corrected chi connectivity index (χ4v) is 3.07. The summed E-state index contributed by atoms with van der Waals surface area (Å²) < 4.78 is 5.77. The summed E-state index contributed by atoms with van der Waals surface area (Å²) in [6.07, 6.45) is 2.08. The van der Waals surface area contributed by atoms with Crippen molar-refractivity contribution in [1.29, 1.82) is 0 Å². The zero-order chi connectivity index (χ0) is 17.4. The van der Waals surface area contributed by atoms with E-state index in [9.17, 15) is 9.59 Å². The van der Waals surface area contributed by atoms with Gasteiger partial charge in [-0.15, -0.1) is 0 Å². The highest BCUT2D eigenvalue weighted by atomic mass is 16.4. The molecule has 4 rings (SSSR count). The number of carbonyl (C=O) groups excluding carboxylic acids is 1. The van der Waals surface area contributed by atoms with E-state index >= 15 is 0 Å². The monoisotopic (exact) mass is 336 g/mol. The van der Waals surface area contributed by atoms with Crippen LogP contribution in [0.4, 0.5) is 0 Å². The lowest BCUT2D eigenvalue weighted by molar-refractivity contribution is 0.0696. The van der Waals surface area contributed by atoms with E-state index in [0.717, 1.165) is 25.9 Å². The number of carboxylic acids is 1. The van der Waals surface area contributed by atoms with Gasteiger partial charge in [-0.05, 0) is 49.2 Å². The first-order valence-corrected chi connectivity index (χ1v) is 8.15. The van der Waals surface area contributed by atoms with E-state index in [1.54, 1.807) is 30.3 Å². The summed E-state index contributed by atoms with van der Waals surface area (Å²) in [6, 6.07) is 11.6. The molecule has 1 fully saturated rings. The average Bonchev–Trinajstić information content (AvgIpc) is 3.30. The molecule has 0 radical (unpaired) electrons. The van der Waals surface area contributed by atoms with Crippen molar-refractivity contribution in [2.75, 3.05) is 13.1 Å². The lowest BCUT2D eigenvalue weighted by Crippen LogP contribution is -2.27. The molecule has 2 aromatic carbocycles. The number of likely N-dealkylation sites (tertiary alicyclic amines) is 1. The summed E-state index contributed by atoms with van der Waals surface area (Å²) in [5.74, 6) is -0.662. The first-order chi connectivity index (χ1) is 12.1. The molecule has 0 unspecified atom stereocenters. The standard InChI is InChI=1S/C19H16N2O4/c22-18(21-8-1-2-9-21)13-6-7-15-16(11-13)25-17(20-15)12-4-3-5-14(10-12)19(23)24/h3-7,10-11H,1-2,8-9H2,(H,23,24). The van der Waals surface area contributed by atoms with E-state index < -0.39 is 5.97 Å². The second-order valence-corrected chi connectivity index (χ2v) is 6.09. The lowest BCUT2D eigenvalue weighted by atomic mass is 10.1. The third-order valence-corrected chi connectivity index (χ3v) is 4.39. The van der Waals surface area contributed by atoms with Gasteiger partial charge in [0, 0.05) is 24.2 Å². The highest BCUT2D eigenvalue weighted by Gasteiger charge is 2.20. The number of nitrogens with zero attached hydrogens (tertiary/aromatic N) is 2. The van der Waals surface area contributed by atoms with Crippen LogP contribution in [0.1, 0.15) is 33.6 Å². The van der Waals surface area contributed by atoms with Crippen molar-refractivity contribution in [3.63, 3.8) is 0 Å². The molecule has 1 N–H and O–H groups in total. The number of rotatable bonds is 3. The van der Waals surface area contributed by atoms with Crippen molar-refractivity contribution in [3.05, 3.63) is 53.6 Å². The number of aromatic carboxylic acids is 1. The number of benzene rings is 2. The normalized spacial score (nSPS) is 14.2. The van der Waals surface area contributed by atoms with Gasteiger partial charge in [0.2, 0.25) is 5.89 Å². The number of carboxylic acid groups (broad SMARTS) is 1. The van der Waals surface area contributed by atoms with Gasteiger partial charge in [0.15, 0.2) is 5.58 Å². The number of oxazole rings is 1. The zero-order valence-corrected chi connectivity index (χ0v) is 13.4. The molecule has 6 heteroatoms. The third-order valence-electron chi connectivity index (χ3n) is 4.39. The van der Waals surface area contributed by atoms with Crippen molar-refractivity contribution >= 4 is 23.0 Å². The van der Waals surface area contributed by atoms with Crippen LogP contribution in [0.2, 0.25) is 0 Å². The van der Waals surface area contributed by atoms with Crippen LogP contribution in [-0.2, 0) is 0 Å². The molecule has 0 spiro atoms. The molecule has 126 valence electrons. The quantitative estimate of drug-likeness (QED) is 0.792. The molecule has 0 bridgehead atoms. The van der Waals surface area contributed by atoms with Crippen molar-refractivity contribution in [2.45, 2.75) is 12.8 Å². The Hall–Kier alpha value is -3.15. The van der Waals surface area contributed by atoms with E-state index in [2.05, 4.69) is 4.98 Å². The molecule has 0 aliphatic carbocycles. The van der Waals surface area contributed by atoms with Gasteiger partial charge in [-0.25, -0.2) is 9.78 Å². The Morgan fingerprint density at radius 1 is 1.04 bits per heavy atom. The van der Waals surface area contributed by atoms with Gasteiger partial charge in [-0.2, -0.15) is 0 Å². The summed E-state index contributed by atoms with van der Waals surface area (Å²) >= 11 is 0. The topological polar surface area (TPSA) is 83.6 Å². The van der Waals surface area contributed by atoms with Crippen molar-refractivity contribution in [2.24, 2.45) is 0 Å². The summed E-state index contributed by atoms with van der Waals surface area (Å²) in [7, 11) is 0. The molecule has 6 nitrogen and oxygen atoms in total. The summed E-state index contributed by atoms with van der Waals surface area (Å²) in [5, 5.41) is 9.10. The van der Waals surface area contributed by atoms with Crippen LogP contribution in [0.3, 0.4) is 0 Å². The number of hydrogen-bond donors (Lipinski definition) is 1. The molecule has 0 saturated carbocycles. The van der Waals surface area contributed by atoms with Crippen LogP contribution < -0.4 is 0 Å². The molecule has 1 aliphatic heterocycles. The van der Waals surface area contributed by atoms with E-state index in [1.165, 1.54) is 12.1 Å². The van der Waals surface area contributed by atoms with Crippen molar-refractivity contribution in [3.8, 4) is 11.5 Å². The van der Waals surface area contributed by atoms with E-state index in [-0.39, 0.29) is 11.5 Å². The van der Waals surface area contributed by atoms with Gasteiger partial charge in [-0.3, -0.25) is 4.79 Å². The first kappa shape index (κ1) is 15.4. The van der Waals surface area contributed by atoms with Crippen LogP contribution in [0.25, 0.3) is 22.6 Å². The van der Waals surface area contributed by atoms with Gasteiger partial charge < -0.3 is 14.4 Å². The number of amides is 1. The lowest BCUT2D eigenvalue weighted by Gasteiger charge is -2.14. The van der Waals surface area contributed by atoms with Gasteiger partial charge in [0.05, 0.1) is 5.56 Å². The predicted octanol–water partition coefficient (Wildman–Crippen LogP) is 3.43. The number of aromatic nitrogens is 1. The number of hydrogen-bond acceptors (Lipinski definition) is 4. The Bertz CT molecular complexity index is 970. The highest BCUT2D eigenvalue weighted by molar-refractivity contribution is 5.97. The maximum absolute atomic E-state index is 12.5. The largest absolute Gasteiger partial charge is 0.478 e. The maximum Gasteiger partial charge on any atom is 0.335 e. The molecule has 1 saturated heterocycles. The second-order valence-electron chi connectivity index (χ2n) is 6.09. The van der Waals surface area contributed by atoms with Gasteiger partial charge in [0.25, 0.3) is 5.91 Å². The third kappa shape index (κ3) is 2.87. The number of fused-ring (bicyclic) bond motifs is 1. The van der Waals surface area contributed by atoms with Gasteiger partial charge in [-0.1, -0.05) is 6.07 Å². The van der Waals surface area contributed by atoms with Crippen molar-refractivity contribution in [1.82, 2.24) is 9.88 Å².